The van der Waals surface area contributed by atoms with Crippen LogP contribution in [0.15, 0.2) is 48.5 Å². The van der Waals surface area contributed by atoms with Gasteiger partial charge in [0.15, 0.2) is 0 Å². The summed E-state index contributed by atoms with van der Waals surface area (Å²) >= 11 is 0. The number of carbonyl (C=O) groups excluding carboxylic acids is 1. The lowest BCUT2D eigenvalue weighted by Crippen LogP contribution is -2.30. The average molecular weight is 372 g/mol. The molecule has 2 aromatic carbocycles. The van der Waals surface area contributed by atoms with Gasteiger partial charge in [-0.25, -0.2) is 4.79 Å². The van der Waals surface area contributed by atoms with Gasteiger partial charge in [0, 0.05) is 25.9 Å². The second-order valence-corrected chi connectivity index (χ2v) is 6.08. The van der Waals surface area contributed by atoms with Crippen LogP contribution in [0, 0.1) is 0 Å². The summed E-state index contributed by atoms with van der Waals surface area (Å²) in [6.45, 7) is 4.78. The highest BCUT2D eigenvalue weighted by Gasteiger charge is 2.10. The van der Waals surface area contributed by atoms with Crippen molar-refractivity contribution >= 4 is 11.7 Å². The Morgan fingerprint density at radius 2 is 1.78 bits per heavy atom. The number of nitrogens with zero attached hydrogens (tertiary/aromatic N) is 1. The van der Waals surface area contributed by atoms with Crippen molar-refractivity contribution in [2.45, 2.75) is 20.1 Å². The standard InChI is InChI=1S/C21H28N2O4/c1-4-26-12-13-27-16-18-6-5-7-19(14-18)22-21(24)23(2)15-17-8-10-20(25-3)11-9-17/h5-11,14H,4,12-13,15-16H2,1-3H3,(H,22,24). The van der Waals surface area contributed by atoms with Crippen LogP contribution in [0.25, 0.3) is 0 Å². The lowest BCUT2D eigenvalue weighted by atomic mass is 10.2. The molecule has 2 amide bonds. The number of anilines is 1. The van der Waals surface area contributed by atoms with Gasteiger partial charge in [-0.2, -0.15) is 0 Å². The Hall–Kier alpha value is -2.57. The van der Waals surface area contributed by atoms with Crippen LogP contribution in [0.4, 0.5) is 10.5 Å². The van der Waals surface area contributed by atoms with Gasteiger partial charge >= 0.3 is 6.03 Å². The topological polar surface area (TPSA) is 60.0 Å². The first kappa shape index (κ1) is 20.7. The molecule has 0 unspecified atom stereocenters. The maximum absolute atomic E-state index is 12.4. The Morgan fingerprint density at radius 1 is 1.04 bits per heavy atom. The van der Waals surface area contributed by atoms with Crippen LogP contribution in [0.5, 0.6) is 5.75 Å². The van der Waals surface area contributed by atoms with E-state index in [9.17, 15) is 4.79 Å². The number of hydrogen-bond acceptors (Lipinski definition) is 4. The Bertz CT molecular complexity index is 704. The third-order valence-electron chi connectivity index (χ3n) is 3.95. The van der Waals surface area contributed by atoms with E-state index >= 15 is 0 Å². The molecule has 0 atom stereocenters. The van der Waals surface area contributed by atoms with Gasteiger partial charge in [0.1, 0.15) is 5.75 Å². The predicted molar refractivity (Wildman–Crippen MR) is 106 cm³/mol. The summed E-state index contributed by atoms with van der Waals surface area (Å²) < 4.78 is 16.0. The molecule has 27 heavy (non-hydrogen) atoms. The van der Waals surface area contributed by atoms with Crippen LogP contribution in [0.1, 0.15) is 18.1 Å². The van der Waals surface area contributed by atoms with E-state index in [0.717, 1.165) is 22.6 Å². The summed E-state index contributed by atoms with van der Waals surface area (Å²) in [5, 5.41) is 2.92. The maximum atomic E-state index is 12.4. The number of methoxy groups -OCH3 is 1. The molecule has 0 aliphatic rings. The highest BCUT2D eigenvalue weighted by Crippen LogP contribution is 2.15. The molecular weight excluding hydrogens is 344 g/mol. The van der Waals surface area contributed by atoms with Crippen molar-refractivity contribution in [3.05, 3.63) is 59.7 Å². The molecule has 0 saturated carbocycles. The van der Waals surface area contributed by atoms with Crippen LogP contribution >= 0.6 is 0 Å². The third kappa shape index (κ3) is 7.29. The molecule has 0 radical (unpaired) electrons. The van der Waals surface area contributed by atoms with E-state index in [1.54, 1.807) is 19.1 Å². The van der Waals surface area contributed by atoms with Crippen LogP contribution in [-0.4, -0.2) is 44.9 Å². The van der Waals surface area contributed by atoms with Crippen molar-refractivity contribution in [2.75, 3.05) is 39.3 Å². The van der Waals surface area contributed by atoms with Crippen molar-refractivity contribution in [3.8, 4) is 5.75 Å². The molecule has 6 heteroatoms. The highest BCUT2D eigenvalue weighted by molar-refractivity contribution is 5.89. The van der Waals surface area contributed by atoms with E-state index in [1.165, 1.54) is 0 Å². The molecule has 0 bridgehead atoms. The van der Waals surface area contributed by atoms with Gasteiger partial charge in [-0.05, 0) is 42.3 Å². The molecule has 2 rings (SSSR count). The van der Waals surface area contributed by atoms with Crippen molar-refractivity contribution in [1.82, 2.24) is 4.90 Å². The molecule has 1 N–H and O–H groups in total. The molecule has 0 fully saturated rings. The lowest BCUT2D eigenvalue weighted by Gasteiger charge is -2.18. The summed E-state index contributed by atoms with van der Waals surface area (Å²) in [5.74, 6) is 0.797. The predicted octanol–water partition coefficient (Wildman–Crippen LogP) is 3.91. The minimum absolute atomic E-state index is 0.166. The summed E-state index contributed by atoms with van der Waals surface area (Å²) in [7, 11) is 3.40. The molecule has 2 aromatic rings. The quantitative estimate of drug-likeness (QED) is 0.643. The number of benzene rings is 2. The van der Waals surface area contributed by atoms with E-state index in [2.05, 4.69) is 5.32 Å². The van der Waals surface area contributed by atoms with Crippen molar-refractivity contribution in [3.63, 3.8) is 0 Å². The first-order chi connectivity index (χ1) is 13.1. The van der Waals surface area contributed by atoms with Crippen molar-refractivity contribution < 1.29 is 19.0 Å². The lowest BCUT2D eigenvalue weighted by molar-refractivity contribution is 0.0453. The number of urea groups is 1. The number of nitrogens with one attached hydrogen (secondary N) is 1. The Labute approximate surface area is 161 Å². The summed E-state index contributed by atoms with van der Waals surface area (Å²) in [6.07, 6.45) is 0. The summed E-state index contributed by atoms with van der Waals surface area (Å²) in [6, 6.07) is 15.2. The van der Waals surface area contributed by atoms with Gasteiger partial charge < -0.3 is 24.4 Å². The number of hydrogen-bond donors (Lipinski definition) is 1. The molecule has 0 aliphatic heterocycles. The molecule has 146 valence electrons. The van der Waals surface area contributed by atoms with E-state index in [0.29, 0.717) is 33.0 Å². The first-order valence-electron chi connectivity index (χ1n) is 9.02. The van der Waals surface area contributed by atoms with Gasteiger partial charge in [-0.15, -0.1) is 0 Å². The van der Waals surface area contributed by atoms with Gasteiger partial charge in [-0.3, -0.25) is 0 Å². The average Bonchev–Trinajstić information content (AvgIpc) is 2.68. The number of carbonyl (C=O) groups is 1. The molecule has 0 spiro atoms. The fourth-order valence-electron chi connectivity index (χ4n) is 2.49. The zero-order valence-corrected chi connectivity index (χ0v) is 16.2. The highest BCUT2D eigenvalue weighted by atomic mass is 16.5. The van der Waals surface area contributed by atoms with Gasteiger partial charge in [0.25, 0.3) is 0 Å². The molecular formula is C21H28N2O4. The number of ether oxygens (including phenoxy) is 3. The van der Waals surface area contributed by atoms with Crippen LogP contribution < -0.4 is 10.1 Å². The first-order valence-corrected chi connectivity index (χ1v) is 9.02. The summed E-state index contributed by atoms with van der Waals surface area (Å²) in [4.78, 5) is 14.1. The third-order valence-corrected chi connectivity index (χ3v) is 3.95. The number of rotatable bonds is 10. The van der Waals surface area contributed by atoms with Gasteiger partial charge in [0.05, 0.1) is 26.9 Å². The van der Waals surface area contributed by atoms with Crippen LogP contribution in [-0.2, 0) is 22.6 Å². The normalized spacial score (nSPS) is 10.5. The zero-order chi connectivity index (χ0) is 19.5. The summed E-state index contributed by atoms with van der Waals surface area (Å²) in [5.41, 5.74) is 2.78. The fourth-order valence-corrected chi connectivity index (χ4v) is 2.49. The van der Waals surface area contributed by atoms with E-state index in [4.69, 9.17) is 14.2 Å². The SMILES string of the molecule is CCOCCOCc1cccc(NC(=O)N(C)Cc2ccc(OC)cc2)c1. The second-order valence-electron chi connectivity index (χ2n) is 6.08. The molecule has 0 aliphatic carbocycles. The number of amides is 2. The monoisotopic (exact) mass is 372 g/mol. The van der Waals surface area contributed by atoms with Gasteiger partial charge in [0.2, 0.25) is 0 Å². The zero-order valence-electron chi connectivity index (χ0n) is 16.2. The second kappa shape index (κ2) is 11.2. The largest absolute Gasteiger partial charge is 0.497 e. The van der Waals surface area contributed by atoms with E-state index in [1.807, 2.05) is 55.5 Å². The Kier molecular flexibility index (Phi) is 8.61. The Balaban J connectivity index is 1.83. The van der Waals surface area contributed by atoms with E-state index < -0.39 is 0 Å². The van der Waals surface area contributed by atoms with E-state index in [-0.39, 0.29) is 6.03 Å². The minimum atomic E-state index is -0.166. The molecule has 0 heterocycles. The van der Waals surface area contributed by atoms with Crippen LogP contribution in [0.2, 0.25) is 0 Å². The Morgan fingerprint density at radius 3 is 2.48 bits per heavy atom. The fraction of sp³-hybridized carbons (Fsp3) is 0.381. The van der Waals surface area contributed by atoms with Gasteiger partial charge in [-0.1, -0.05) is 24.3 Å². The minimum Gasteiger partial charge on any atom is -0.497 e. The molecule has 6 nitrogen and oxygen atoms in total. The van der Waals surface area contributed by atoms with Crippen molar-refractivity contribution in [2.24, 2.45) is 0 Å². The smallest absolute Gasteiger partial charge is 0.321 e. The molecule has 0 saturated heterocycles. The van der Waals surface area contributed by atoms with Crippen LogP contribution in [0.3, 0.4) is 0 Å². The molecule has 0 aromatic heterocycles. The van der Waals surface area contributed by atoms with Crippen molar-refractivity contribution in [1.29, 1.82) is 0 Å². The maximum Gasteiger partial charge on any atom is 0.321 e.